The lowest BCUT2D eigenvalue weighted by molar-refractivity contribution is -0.117. The van der Waals surface area contributed by atoms with Gasteiger partial charge in [-0.2, -0.15) is 0 Å². The Balaban J connectivity index is 2.17. The summed E-state index contributed by atoms with van der Waals surface area (Å²) in [6, 6.07) is 4.51. The van der Waals surface area contributed by atoms with Crippen LogP contribution in [0.3, 0.4) is 0 Å². The molecule has 1 heterocycles. The fraction of sp³-hybridized carbons (Fsp3) is 0.417. The number of carbonyl (C=O) groups is 1. The molecular formula is C12H14ClFN2O. The first-order valence-electron chi connectivity index (χ1n) is 5.60. The highest BCUT2D eigenvalue weighted by Crippen LogP contribution is 2.26. The van der Waals surface area contributed by atoms with Gasteiger partial charge in [-0.3, -0.25) is 4.79 Å². The van der Waals surface area contributed by atoms with Crippen LogP contribution >= 0.6 is 11.6 Å². The van der Waals surface area contributed by atoms with Crippen LogP contribution in [0.2, 0.25) is 5.02 Å². The standard InChI is InChI=1S/C12H14ClFN2O/c1-2-15-8-5-12(17)16(7-8)9-3-4-11(14)10(13)6-9/h3-4,6,8,15H,2,5,7H2,1H3. The molecule has 17 heavy (non-hydrogen) atoms. The molecule has 1 aliphatic rings. The molecule has 0 aliphatic carbocycles. The van der Waals surface area contributed by atoms with Gasteiger partial charge in [-0.1, -0.05) is 18.5 Å². The first kappa shape index (κ1) is 12.3. The maximum atomic E-state index is 13.0. The van der Waals surface area contributed by atoms with Crippen LogP contribution in [-0.2, 0) is 4.79 Å². The van der Waals surface area contributed by atoms with Gasteiger partial charge >= 0.3 is 0 Å². The van der Waals surface area contributed by atoms with Gasteiger partial charge in [-0.25, -0.2) is 4.39 Å². The second-order valence-corrected chi connectivity index (χ2v) is 4.47. The summed E-state index contributed by atoms with van der Waals surface area (Å²) >= 11 is 5.71. The highest BCUT2D eigenvalue weighted by Gasteiger charge is 2.30. The molecule has 1 unspecified atom stereocenters. The van der Waals surface area contributed by atoms with Crippen molar-refractivity contribution in [2.45, 2.75) is 19.4 Å². The predicted molar refractivity (Wildman–Crippen MR) is 65.8 cm³/mol. The zero-order chi connectivity index (χ0) is 12.4. The van der Waals surface area contributed by atoms with E-state index < -0.39 is 5.82 Å². The summed E-state index contributed by atoms with van der Waals surface area (Å²) in [6.45, 7) is 3.44. The summed E-state index contributed by atoms with van der Waals surface area (Å²) in [5.41, 5.74) is 0.654. The van der Waals surface area contributed by atoms with Crippen molar-refractivity contribution in [3.63, 3.8) is 0 Å². The average molecular weight is 257 g/mol. The van der Waals surface area contributed by atoms with Gasteiger partial charge in [0, 0.05) is 24.7 Å². The molecule has 1 N–H and O–H groups in total. The van der Waals surface area contributed by atoms with E-state index in [1.54, 1.807) is 11.0 Å². The van der Waals surface area contributed by atoms with Gasteiger partial charge in [-0.15, -0.1) is 0 Å². The Hall–Kier alpha value is -1.13. The molecule has 1 aromatic carbocycles. The number of rotatable bonds is 3. The van der Waals surface area contributed by atoms with Crippen LogP contribution < -0.4 is 10.2 Å². The van der Waals surface area contributed by atoms with Crippen molar-refractivity contribution in [2.75, 3.05) is 18.0 Å². The number of halogens is 2. The van der Waals surface area contributed by atoms with Crippen LogP contribution in [0.15, 0.2) is 18.2 Å². The number of anilines is 1. The monoisotopic (exact) mass is 256 g/mol. The Kier molecular flexibility index (Phi) is 3.64. The number of nitrogens with zero attached hydrogens (tertiary/aromatic N) is 1. The third kappa shape index (κ3) is 2.58. The van der Waals surface area contributed by atoms with E-state index in [0.29, 0.717) is 18.7 Å². The second-order valence-electron chi connectivity index (χ2n) is 4.06. The van der Waals surface area contributed by atoms with Crippen LogP contribution in [0.5, 0.6) is 0 Å². The molecule has 2 rings (SSSR count). The summed E-state index contributed by atoms with van der Waals surface area (Å²) in [5, 5.41) is 3.27. The minimum atomic E-state index is -0.467. The van der Waals surface area contributed by atoms with Crippen molar-refractivity contribution < 1.29 is 9.18 Å². The SMILES string of the molecule is CCNC1CC(=O)N(c2ccc(F)c(Cl)c2)C1. The molecule has 3 nitrogen and oxygen atoms in total. The molecule has 92 valence electrons. The molecule has 1 amide bonds. The van der Waals surface area contributed by atoms with E-state index in [1.165, 1.54) is 12.1 Å². The summed E-state index contributed by atoms with van der Waals surface area (Å²) in [7, 11) is 0. The molecule has 0 spiro atoms. The summed E-state index contributed by atoms with van der Waals surface area (Å²) < 4.78 is 13.0. The topological polar surface area (TPSA) is 32.3 Å². The third-order valence-corrected chi connectivity index (χ3v) is 3.12. The Morgan fingerprint density at radius 1 is 1.59 bits per heavy atom. The van der Waals surface area contributed by atoms with Gasteiger partial charge in [-0.05, 0) is 24.7 Å². The zero-order valence-electron chi connectivity index (χ0n) is 9.54. The molecule has 0 bridgehead atoms. The third-order valence-electron chi connectivity index (χ3n) is 2.83. The number of hydrogen-bond donors (Lipinski definition) is 1. The Bertz CT molecular complexity index is 439. The fourth-order valence-corrected chi connectivity index (χ4v) is 2.21. The molecule has 1 atom stereocenters. The lowest BCUT2D eigenvalue weighted by atomic mass is 10.2. The number of amides is 1. The van der Waals surface area contributed by atoms with Crippen LogP contribution in [0.25, 0.3) is 0 Å². The Morgan fingerprint density at radius 3 is 3.00 bits per heavy atom. The van der Waals surface area contributed by atoms with Crippen molar-refractivity contribution in [1.82, 2.24) is 5.32 Å². The van der Waals surface area contributed by atoms with Crippen LogP contribution in [0.4, 0.5) is 10.1 Å². The second kappa shape index (κ2) is 5.02. The average Bonchev–Trinajstić information content (AvgIpc) is 2.64. The summed E-state index contributed by atoms with van der Waals surface area (Å²) in [5.74, 6) is -0.427. The normalized spacial score (nSPS) is 20.1. The number of likely N-dealkylation sites (N-methyl/N-ethyl adjacent to an activating group) is 1. The van der Waals surface area contributed by atoms with Crippen LogP contribution in [0, 0.1) is 5.82 Å². The molecule has 1 saturated heterocycles. The van der Waals surface area contributed by atoms with E-state index in [-0.39, 0.29) is 17.0 Å². The van der Waals surface area contributed by atoms with Crippen molar-refractivity contribution in [2.24, 2.45) is 0 Å². The summed E-state index contributed by atoms with van der Waals surface area (Å²) in [6.07, 6.45) is 0.475. The van der Waals surface area contributed by atoms with Gasteiger partial charge in [0.1, 0.15) is 5.82 Å². The van der Waals surface area contributed by atoms with Gasteiger partial charge in [0.25, 0.3) is 0 Å². The van der Waals surface area contributed by atoms with E-state index in [9.17, 15) is 9.18 Å². The molecular weight excluding hydrogens is 243 g/mol. The molecule has 0 saturated carbocycles. The zero-order valence-corrected chi connectivity index (χ0v) is 10.3. The van der Waals surface area contributed by atoms with Gasteiger partial charge in [0.2, 0.25) is 5.91 Å². The van der Waals surface area contributed by atoms with E-state index in [4.69, 9.17) is 11.6 Å². The Morgan fingerprint density at radius 2 is 2.35 bits per heavy atom. The highest BCUT2D eigenvalue weighted by atomic mass is 35.5. The molecule has 1 aromatic rings. The number of carbonyl (C=O) groups excluding carboxylic acids is 1. The number of benzene rings is 1. The molecule has 1 aliphatic heterocycles. The minimum absolute atomic E-state index is 0.0404. The lowest BCUT2D eigenvalue weighted by Gasteiger charge is -2.17. The van der Waals surface area contributed by atoms with Gasteiger partial charge in [0.15, 0.2) is 0 Å². The van der Waals surface area contributed by atoms with Crippen molar-refractivity contribution in [3.05, 3.63) is 29.0 Å². The predicted octanol–water partition coefficient (Wildman–Crippen LogP) is 2.19. The first-order valence-corrected chi connectivity index (χ1v) is 5.98. The van der Waals surface area contributed by atoms with Crippen molar-refractivity contribution >= 4 is 23.2 Å². The maximum absolute atomic E-state index is 13.0. The molecule has 1 fully saturated rings. The van der Waals surface area contributed by atoms with Crippen molar-refractivity contribution in [1.29, 1.82) is 0 Å². The first-order chi connectivity index (χ1) is 8.11. The smallest absolute Gasteiger partial charge is 0.228 e. The quantitative estimate of drug-likeness (QED) is 0.899. The minimum Gasteiger partial charge on any atom is -0.312 e. The number of nitrogens with one attached hydrogen (secondary N) is 1. The van der Waals surface area contributed by atoms with E-state index >= 15 is 0 Å². The van der Waals surface area contributed by atoms with E-state index in [1.807, 2.05) is 6.92 Å². The Labute approximate surface area is 105 Å². The van der Waals surface area contributed by atoms with E-state index in [2.05, 4.69) is 5.32 Å². The fourth-order valence-electron chi connectivity index (χ4n) is 2.04. The van der Waals surface area contributed by atoms with E-state index in [0.717, 1.165) is 6.54 Å². The molecule has 0 aromatic heterocycles. The number of hydrogen-bond acceptors (Lipinski definition) is 2. The summed E-state index contributed by atoms with van der Waals surface area (Å²) in [4.78, 5) is 13.4. The van der Waals surface area contributed by atoms with Gasteiger partial charge < -0.3 is 10.2 Å². The lowest BCUT2D eigenvalue weighted by Crippen LogP contribution is -2.32. The highest BCUT2D eigenvalue weighted by molar-refractivity contribution is 6.31. The van der Waals surface area contributed by atoms with Crippen LogP contribution in [0.1, 0.15) is 13.3 Å². The van der Waals surface area contributed by atoms with Crippen molar-refractivity contribution in [3.8, 4) is 0 Å². The molecule has 5 heteroatoms. The van der Waals surface area contributed by atoms with Crippen LogP contribution in [-0.4, -0.2) is 25.0 Å². The molecule has 0 radical (unpaired) electrons. The largest absolute Gasteiger partial charge is 0.312 e. The maximum Gasteiger partial charge on any atom is 0.228 e. The van der Waals surface area contributed by atoms with Gasteiger partial charge in [0.05, 0.1) is 5.02 Å².